The van der Waals surface area contributed by atoms with Crippen LogP contribution in [0.5, 0.6) is 0 Å². The topological polar surface area (TPSA) is 72.2 Å². The van der Waals surface area contributed by atoms with Crippen LogP contribution in [0.2, 0.25) is 0 Å². The molecule has 0 atom stereocenters. The van der Waals surface area contributed by atoms with Crippen LogP contribution in [0, 0.1) is 0 Å². The summed E-state index contributed by atoms with van der Waals surface area (Å²) in [6, 6.07) is 6.79. The molecule has 3 N–H and O–H groups in total. The Kier molecular flexibility index (Phi) is 3.35. The smallest absolute Gasteiger partial charge is 0.232 e. The quantitative estimate of drug-likeness (QED) is 0.744. The van der Waals surface area contributed by atoms with Crippen LogP contribution < -0.4 is 10.5 Å². The van der Waals surface area contributed by atoms with Gasteiger partial charge in [-0.25, -0.2) is 8.42 Å². The lowest BCUT2D eigenvalue weighted by molar-refractivity contribution is 0.600. The Labute approximate surface area is 84.2 Å². The molecule has 0 saturated carbocycles. The number of nitrogens with one attached hydrogen (secondary N) is 1. The predicted octanol–water partition coefficient (Wildman–Crippen LogP) is 1.42. The van der Waals surface area contributed by atoms with Crippen LogP contribution >= 0.6 is 0 Å². The van der Waals surface area contributed by atoms with Gasteiger partial charge in [-0.1, -0.05) is 19.1 Å². The maximum Gasteiger partial charge on any atom is 0.232 e. The van der Waals surface area contributed by atoms with Crippen molar-refractivity contribution in [3.63, 3.8) is 0 Å². The highest BCUT2D eigenvalue weighted by molar-refractivity contribution is 7.92. The first kappa shape index (κ1) is 10.8. The van der Waals surface area contributed by atoms with E-state index in [0.717, 1.165) is 0 Å². The van der Waals surface area contributed by atoms with E-state index in [-0.39, 0.29) is 5.75 Å². The number of nitrogen functional groups attached to an aromatic ring is 1. The molecule has 0 fully saturated rings. The second-order valence-corrected chi connectivity index (χ2v) is 4.85. The monoisotopic (exact) mass is 214 g/mol. The number of hydrogen-bond donors (Lipinski definition) is 2. The fraction of sp³-hybridized carbons (Fsp3) is 0.333. The Morgan fingerprint density at radius 2 is 2.00 bits per heavy atom. The maximum atomic E-state index is 11.4. The molecule has 78 valence electrons. The number of hydrogen-bond acceptors (Lipinski definition) is 3. The van der Waals surface area contributed by atoms with E-state index in [1.807, 2.05) is 6.92 Å². The summed E-state index contributed by atoms with van der Waals surface area (Å²) in [5, 5.41) is 0. The van der Waals surface area contributed by atoms with Crippen molar-refractivity contribution in [1.29, 1.82) is 0 Å². The van der Waals surface area contributed by atoms with E-state index in [4.69, 9.17) is 5.73 Å². The predicted molar refractivity (Wildman–Crippen MR) is 58.6 cm³/mol. The van der Waals surface area contributed by atoms with E-state index in [0.29, 0.717) is 17.8 Å². The SMILES string of the molecule is CCCS(=O)(=O)Nc1ccccc1N. The van der Waals surface area contributed by atoms with Gasteiger partial charge in [-0.15, -0.1) is 0 Å². The van der Waals surface area contributed by atoms with Gasteiger partial charge in [-0.2, -0.15) is 0 Å². The molecule has 14 heavy (non-hydrogen) atoms. The van der Waals surface area contributed by atoms with Gasteiger partial charge in [0.05, 0.1) is 17.1 Å². The number of para-hydroxylation sites is 2. The zero-order valence-corrected chi connectivity index (χ0v) is 8.84. The van der Waals surface area contributed by atoms with Crippen molar-refractivity contribution < 1.29 is 8.42 Å². The van der Waals surface area contributed by atoms with E-state index >= 15 is 0 Å². The van der Waals surface area contributed by atoms with Gasteiger partial charge < -0.3 is 5.73 Å². The largest absolute Gasteiger partial charge is 0.397 e. The highest BCUT2D eigenvalue weighted by Crippen LogP contribution is 2.18. The fourth-order valence-electron chi connectivity index (χ4n) is 1.08. The van der Waals surface area contributed by atoms with Gasteiger partial charge in [0.2, 0.25) is 10.0 Å². The average Bonchev–Trinajstić information content (AvgIpc) is 2.08. The molecule has 0 spiro atoms. The summed E-state index contributed by atoms with van der Waals surface area (Å²) in [6.07, 6.45) is 0.585. The lowest BCUT2D eigenvalue weighted by atomic mass is 10.3. The molecule has 0 heterocycles. The van der Waals surface area contributed by atoms with Gasteiger partial charge in [0.15, 0.2) is 0 Å². The minimum absolute atomic E-state index is 0.112. The van der Waals surface area contributed by atoms with E-state index in [9.17, 15) is 8.42 Å². The van der Waals surface area contributed by atoms with Crippen molar-refractivity contribution in [2.24, 2.45) is 0 Å². The first-order chi connectivity index (χ1) is 6.55. The lowest BCUT2D eigenvalue weighted by Gasteiger charge is -2.08. The van der Waals surface area contributed by atoms with Gasteiger partial charge in [0, 0.05) is 0 Å². The van der Waals surface area contributed by atoms with Crippen LogP contribution in [0.15, 0.2) is 24.3 Å². The van der Waals surface area contributed by atoms with Crippen molar-refractivity contribution in [2.75, 3.05) is 16.2 Å². The Morgan fingerprint density at radius 1 is 1.36 bits per heavy atom. The Balaban J connectivity index is 2.84. The first-order valence-electron chi connectivity index (χ1n) is 4.40. The van der Waals surface area contributed by atoms with Crippen LogP contribution in [0.4, 0.5) is 11.4 Å². The Morgan fingerprint density at radius 3 is 2.57 bits per heavy atom. The second kappa shape index (κ2) is 4.32. The van der Waals surface area contributed by atoms with Crippen molar-refractivity contribution >= 4 is 21.4 Å². The van der Waals surface area contributed by atoms with Gasteiger partial charge >= 0.3 is 0 Å². The zero-order chi connectivity index (χ0) is 10.6. The molecule has 0 aromatic heterocycles. The van der Waals surface area contributed by atoms with Crippen LogP contribution in [0.1, 0.15) is 13.3 Å². The molecular weight excluding hydrogens is 200 g/mol. The molecular formula is C9H14N2O2S. The summed E-state index contributed by atoms with van der Waals surface area (Å²) in [7, 11) is -3.24. The third kappa shape index (κ3) is 2.92. The molecule has 1 aromatic carbocycles. The van der Waals surface area contributed by atoms with Crippen LogP contribution in [-0.2, 0) is 10.0 Å². The molecule has 1 aromatic rings. The molecule has 4 nitrogen and oxygen atoms in total. The summed E-state index contributed by atoms with van der Waals surface area (Å²) in [4.78, 5) is 0. The first-order valence-corrected chi connectivity index (χ1v) is 6.05. The summed E-state index contributed by atoms with van der Waals surface area (Å²) >= 11 is 0. The fourth-order valence-corrected chi connectivity index (χ4v) is 2.24. The minimum atomic E-state index is -3.24. The van der Waals surface area contributed by atoms with E-state index in [1.54, 1.807) is 24.3 Å². The number of rotatable bonds is 4. The summed E-state index contributed by atoms with van der Waals surface area (Å²) in [6.45, 7) is 1.81. The Hall–Kier alpha value is -1.23. The van der Waals surface area contributed by atoms with Crippen molar-refractivity contribution in [2.45, 2.75) is 13.3 Å². The highest BCUT2D eigenvalue weighted by atomic mass is 32.2. The number of sulfonamides is 1. The van der Waals surface area contributed by atoms with Crippen molar-refractivity contribution in [3.8, 4) is 0 Å². The summed E-state index contributed by atoms with van der Waals surface area (Å²) in [5.41, 5.74) is 6.48. The molecule has 0 bridgehead atoms. The molecule has 0 unspecified atom stereocenters. The van der Waals surface area contributed by atoms with Gasteiger partial charge in [-0.3, -0.25) is 4.72 Å². The molecule has 0 aliphatic rings. The van der Waals surface area contributed by atoms with E-state index < -0.39 is 10.0 Å². The van der Waals surface area contributed by atoms with Crippen molar-refractivity contribution in [1.82, 2.24) is 0 Å². The molecule has 0 aliphatic heterocycles. The molecule has 0 aliphatic carbocycles. The Bertz CT molecular complexity index is 401. The summed E-state index contributed by atoms with van der Waals surface area (Å²) in [5.74, 6) is 0.112. The maximum absolute atomic E-state index is 11.4. The number of benzene rings is 1. The van der Waals surface area contributed by atoms with Gasteiger partial charge in [0.25, 0.3) is 0 Å². The van der Waals surface area contributed by atoms with Crippen LogP contribution in [0.3, 0.4) is 0 Å². The van der Waals surface area contributed by atoms with Crippen molar-refractivity contribution in [3.05, 3.63) is 24.3 Å². The van der Waals surface area contributed by atoms with Gasteiger partial charge in [0.1, 0.15) is 0 Å². The van der Waals surface area contributed by atoms with Gasteiger partial charge in [-0.05, 0) is 18.6 Å². The molecule has 0 saturated heterocycles. The number of nitrogens with two attached hydrogens (primary N) is 1. The highest BCUT2D eigenvalue weighted by Gasteiger charge is 2.09. The van der Waals surface area contributed by atoms with Crippen LogP contribution in [-0.4, -0.2) is 14.2 Å². The standard InChI is InChI=1S/C9H14N2O2S/c1-2-7-14(12,13)11-9-6-4-3-5-8(9)10/h3-6,11H,2,7,10H2,1H3. The average molecular weight is 214 g/mol. The van der Waals surface area contributed by atoms with E-state index in [1.165, 1.54) is 0 Å². The zero-order valence-electron chi connectivity index (χ0n) is 8.03. The molecule has 5 heteroatoms. The summed E-state index contributed by atoms with van der Waals surface area (Å²) < 4.78 is 25.2. The molecule has 0 radical (unpaired) electrons. The second-order valence-electron chi connectivity index (χ2n) is 3.01. The third-order valence-corrected chi connectivity index (χ3v) is 3.18. The minimum Gasteiger partial charge on any atom is -0.397 e. The molecule has 0 amide bonds. The lowest BCUT2D eigenvalue weighted by Crippen LogP contribution is -2.16. The third-order valence-electron chi connectivity index (χ3n) is 1.70. The van der Waals surface area contributed by atoms with E-state index in [2.05, 4.69) is 4.72 Å². The molecule has 1 rings (SSSR count). The number of anilines is 2. The van der Waals surface area contributed by atoms with Crippen LogP contribution in [0.25, 0.3) is 0 Å². The normalized spacial score (nSPS) is 11.2.